The molecule has 0 spiro atoms. The van der Waals surface area contributed by atoms with Gasteiger partial charge in [0.05, 0.1) is 6.04 Å². The summed E-state index contributed by atoms with van der Waals surface area (Å²) in [5.41, 5.74) is 6.20. The molecule has 0 saturated heterocycles. The number of hydrogen-bond acceptors (Lipinski definition) is 1. The first-order valence-electron chi connectivity index (χ1n) is 8.66. The summed E-state index contributed by atoms with van der Waals surface area (Å²) >= 11 is 5.53. The molecule has 0 saturated carbocycles. The third kappa shape index (κ3) is 4.57. The zero-order valence-electron chi connectivity index (χ0n) is 15.3. The minimum Gasteiger partial charge on any atom is -0.356 e. The highest BCUT2D eigenvalue weighted by Crippen LogP contribution is 2.22. The summed E-state index contributed by atoms with van der Waals surface area (Å²) in [6.07, 6.45) is 0.982. The van der Waals surface area contributed by atoms with Crippen LogP contribution < -0.4 is 10.6 Å². The van der Waals surface area contributed by atoms with E-state index in [4.69, 9.17) is 12.2 Å². The van der Waals surface area contributed by atoms with Crippen LogP contribution in [0.5, 0.6) is 0 Å². The van der Waals surface area contributed by atoms with Crippen molar-refractivity contribution in [1.82, 2.24) is 5.32 Å². The van der Waals surface area contributed by atoms with Crippen LogP contribution in [-0.4, -0.2) is 5.11 Å². The predicted octanol–water partition coefficient (Wildman–Crippen LogP) is 5.86. The largest absolute Gasteiger partial charge is 0.356 e. The number of benzene rings is 2. The molecule has 0 aliphatic rings. The van der Waals surface area contributed by atoms with Crippen molar-refractivity contribution in [2.45, 2.75) is 53.0 Å². The maximum Gasteiger partial charge on any atom is 0.171 e. The first kappa shape index (κ1) is 18.5. The highest BCUT2D eigenvalue weighted by molar-refractivity contribution is 7.80. The number of nitrogens with one attached hydrogen (secondary N) is 2. The van der Waals surface area contributed by atoms with Crippen LogP contribution in [0.3, 0.4) is 0 Å². The van der Waals surface area contributed by atoms with Gasteiger partial charge in [-0.15, -0.1) is 0 Å². The van der Waals surface area contributed by atoms with Gasteiger partial charge in [0.15, 0.2) is 5.11 Å². The summed E-state index contributed by atoms with van der Waals surface area (Å²) in [5, 5.41) is 7.45. The molecule has 128 valence electrons. The fourth-order valence-electron chi connectivity index (χ4n) is 2.74. The van der Waals surface area contributed by atoms with Crippen LogP contribution in [0.2, 0.25) is 0 Å². The van der Waals surface area contributed by atoms with Gasteiger partial charge < -0.3 is 10.6 Å². The van der Waals surface area contributed by atoms with Crippen LogP contribution in [0.15, 0.2) is 42.5 Å². The fourth-order valence-corrected chi connectivity index (χ4v) is 2.99. The van der Waals surface area contributed by atoms with Crippen molar-refractivity contribution in [3.8, 4) is 0 Å². The Morgan fingerprint density at radius 1 is 1.00 bits per heavy atom. The molecule has 0 amide bonds. The molecule has 2 aromatic carbocycles. The van der Waals surface area contributed by atoms with Crippen LogP contribution in [0.25, 0.3) is 0 Å². The Labute approximate surface area is 151 Å². The normalized spacial score (nSPS) is 12.1. The minimum absolute atomic E-state index is 0.219. The molecule has 0 aliphatic carbocycles. The van der Waals surface area contributed by atoms with Gasteiger partial charge >= 0.3 is 0 Å². The van der Waals surface area contributed by atoms with E-state index in [1.54, 1.807) is 0 Å². The molecule has 1 unspecified atom stereocenters. The number of aryl methyl sites for hydroxylation is 1. The molecule has 1 atom stereocenters. The average molecular weight is 341 g/mol. The van der Waals surface area contributed by atoms with Crippen molar-refractivity contribution in [2.24, 2.45) is 0 Å². The molecule has 3 heteroatoms. The molecule has 2 aromatic rings. The Balaban J connectivity index is 2.06. The number of thiocarbonyl (C=S) groups is 1. The van der Waals surface area contributed by atoms with Crippen molar-refractivity contribution in [1.29, 1.82) is 0 Å². The lowest BCUT2D eigenvalue weighted by molar-refractivity contribution is 0.628. The summed E-state index contributed by atoms with van der Waals surface area (Å²) in [5.74, 6) is 0.555. The summed E-state index contributed by atoms with van der Waals surface area (Å²) in [6.45, 7) is 10.8. The van der Waals surface area contributed by atoms with Crippen LogP contribution in [0.1, 0.15) is 61.4 Å². The Bertz CT molecular complexity index is 689. The molecule has 0 heterocycles. The third-order valence-electron chi connectivity index (χ3n) is 4.57. The summed E-state index contributed by atoms with van der Waals surface area (Å²) < 4.78 is 0. The van der Waals surface area contributed by atoms with E-state index in [1.807, 2.05) is 0 Å². The summed E-state index contributed by atoms with van der Waals surface area (Å²) in [4.78, 5) is 0. The highest BCUT2D eigenvalue weighted by Gasteiger charge is 2.12. The molecular formula is C21H28N2S. The van der Waals surface area contributed by atoms with Gasteiger partial charge in [0.25, 0.3) is 0 Å². The van der Waals surface area contributed by atoms with Crippen molar-refractivity contribution < 1.29 is 0 Å². The first-order valence-corrected chi connectivity index (χ1v) is 9.06. The maximum absolute atomic E-state index is 5.53. The molecule has 2 nitrogen and oxygen atoms in total. The molecule has 0 fully saturated rings. The van der Waals surface area contributed by atoms with E-state index in [-0.39, 0.29) is 6.04 Å². The number of anilines is 1. The van der Waals surface area contributed by atoms with Gasteiger partial charge in [0.2, 0.25) is 0 Å². The van der Waals surface area contributed by atoms with Crippen LogP contribution >= 0.6 is 12.2 Å². The van der Waals surface area contributed by atoms with E-state index >= 15 is 0 Å². The second-order valence-electron chi connectivity index (χ2n) is 6.63. The van der Waals surface area contributed by atoms with Gasteiger partial charge in [-0.05, 0) is 66.7 Å². The smallest absolute Gasteiger partial charge is 0.171 e. The summed E-state index contributed by atoms with van der Waals surface area (Å²) in [7, 11) is 0. The van der Waals surface area contributed by atoms with E-state index in [0.29, 0.717) is 11.0 Å². The second-order valence-corrected chi connectivity index (χ2v) is 7.04. The SMILES string of the molecule is CCC(NC(=S)Nc1cccc(C)c1C)c1ccc(C(C)C)cc1. The Hall–Kier alpha value is -1.87. The molecule has 2 N–H and O–H groups in total. The molecule has 24 heavy (non-hydrogen) atoms. The molecule has 0 bridgehead atoms. The molecule has 0 aliphatic heterocycles. The maximum atomic E-state index is 5.53. The minimum atomic E-state index is 0.219. The molecule has 2 rings (SSSR count). The van der Waals surface area contributed by atoms with Crippen LogP contribution in [-0.2, 0) is 0 Å². The molecule has 0 aromatic heterocycles. The second kappa shape index (κ2) is 8.29. The van der Waals surface area contributed by atoms with Gasteiger partial charge in [-0.25, -0.2) is 0 Å². The van der Waals surface area contributed by atoms with E-state index in [1.165, 1.54) is 22.3 Å². The number of hydrogen-bond donors (Lipinski definition) is 2. The Morgan fingerprint density at radius 3 is 2.21 bits per heavy atom. The van der Waals surface area contributed by atoms with E-state index < -0.39 is 0 Å². The van der Waals surface area contributed by atoms with Crippen molar-refractivity contribution in [3.63, 3.8) is 0 Å². The monoisotopic (exact) mass is 340 g/mol. The third-order valence-corrected chi connectivity index (χ3v) is 4.79. The quantitative estimate of drug-likeness (QED) is 0.666. The predicted molar refractivity (Wildman–Crippen MR) is 109 cm³/mol. The molecular weight excluding hydrogens is 312 g/mol. The van der Waals surface area contributed by atoms with Crippen molar-refractivity contribution in [3.05, 3.63) is 64.7 Å². The molecule has 0 radical (unpaired) electrons. The van der Waals surface area contributed by atoms with Gasteiger partial charge in [0.1, 0.15) is 0 Å². The standard InChI is InChI=1S/C21H28N2S/c1-6-19(18-12-10-17(11-13-18)14(2)3)22-21(24)23-20-9-7-8-15(4)16(20)5/h7-14,19H,6H2,1-5H3,(H2,22,23,24). The van der Waals surface area contributed by atoms with Gasteiger partial charge in [-0.2, -0.15) is 0 Å². The van der Waals surface area contributed by atoms with Crippen LogP contribution in [0.4, 0.5) is 5.69 Å². The van der Waals surface area contributed by atoms with Gasteiger partial charge in [-0.1, -0.05) is 57.2 Å². The lowest BCUT2D eigenvalue weighted by atomic mass is 9.98. The Morgan fingerprint density at radius 2 is 1.62 bits per heavy atom. The van der Waals surface area contributed by atoms with Gasteiger partial charge in [-0.3, -0.25) is 0 Å². The van der Waals surface area contributed by atoms with Gasteiger partial charge in [0, 0.05) is 5.69 Å². The van der Waals surface area contributed by atoms with E-state index in [9.17, 15) is 0 Å². The lowest BCUT2D eigenvalue weighted by Crippen LogP contribution is -2.32. The highest BCUT2D eigenvalue weighted by atomic mass is 32.1. The zero-order chi connectivity index (χ0) is 17.7. The lowest BCUT2D eigenvalue weighted by Gasteiger charge is -2.21. The van der Waals surface area contributed by atoms with Crippen molar-refractivity contribution in [2.75, 3.05) is 5.32 Å². The van der Waals surface area contributed by atoms with Crippen LogP contribution in [0, 0.1) is 13.8 Å². The fraction of sp³-hybridized carbons (Fsp3) is 0.381. The van der Waals surface area contributed by atoms with E-state index in [0.717, 1.165) is 12.1 Å². The van der Waals surface area contributed by atoms with Crippen molar-refractivity contribution >= 4 is 23.0 Å². The summed E-state index contributed by atoms with van der Waals surface area (Å²) in [6, 6.07) is 15.3. The number of rotatable bonds is 5. The topological polar surface area (TPSA) is 24.1 Å². The first-order chi connectivity index (χ1) is 11.4. The average Bonchev–Trinajstić information content (AvgIpc) is 2.57. The Kier molecular flexibility index (Phi) is 6.38. The van der Waals surface area contributed by atoms with E-state index in [2.05, 4.69) is 87.7 Å². The zero-order valence-corrected chi connectivity index (χ0v) is 16.1.